The zero-order valence-electron chi connectivity index (χ0n) is 10.3. The van der Waals surface area contributed by atoms with Crippen LogP contribution in [0.1, 0.15) is 19.0 Å². The maximum absolute atomic E-state index is 11.3. The van der Waals surface area contributed by atoms with Crippen molar-refractivity contribution < 1.29 is 9.53 Å². The van der Waals surface area contributed by atoms with Crippen LogP contribution in [-0.4, -0.2) is 18.0 Å². The maximum Gasteiger partial charge on any atom is 0.220 e. The summed E-state index contributed by atoms with van der Waals surface area (Å²) in [5.74, 6) is 0.846. The molecule has 1 aromatic carbocycles. The second-order valence-electron chi connectivity index (χ2n) is 3.96. The van der Waals surface area contributed by atoms with Crippen LogP contribution >= 0.6 is 15.9 Å². The van der Waals surface area contributed by atoms with Gasteiger partial charge in [0.25, 0.3) is 0 Å². The molecule has 0 aliphatic carbocycles. The van der Waals surface area contributed by atoms with E-state index >= 15 is 0 Å². The molecule has 1 heterocycles. The van der Waals surface area contributed by atoms with Gasteiger partial charge in [0, 0.05) is 28.0 Å². The molecule has 0 aliphatic rings. The number of hydrogen-bond acceptors (Lipinski definition) is 2. The van der Waals surface area contributed by atoms with E-state index in [9.17, 15) is 4.79 Å². The van der Waals surface area contributed by atoms with Gasteiger partial charge in [-0.1, -0.05) is 6.92 Å². The van der Waals surface area contributed by atoms with E-state index in [1.54, 1.807) is 7.11 Å². The van der Waals surface area contributed by atoms with E-state index in [1.165, 1.54) is 0 Å². The van der Waals surface area contributed by atoms with Crippen LogP contribution in [0.2, 0.25) is 0 Å². The van der Waals surface area contributed by atoms with Crippen molar-refractivity contribution in [3.05, 3.63) is 28.4 Å². The lowest BCUT2D eigenvalue weighted by Gasteiger charge is -2.01. The van der Waals surface area contributed by atoms with Gasteiger partial charge in [-0.15, -0.1) is 0 Å². The number of benzene rings is 1. The summed E-state index contributed by atoms with van der Waals surface area (Å²) in [6.07, 6.45) is 0.492. The summed E-state index contributed by atoms with van der Waals surface area (Å²) < 4.78 is 6.16. The quantitative estimate of drug-likeness (QED) is 0.912. The third-order valence-electron chi connectivity index (χ3n) is 2.80. The molecule has 0 atom stereocenters. The lowest BCUT2D eigenvalue weighted by atomic mass is 10.2. The van der Waals surface area contributed by atoms with Gasteiger partial charge in [0.2, 0.25) is 5.91 Å². The third kappa shape index (κ3) is 2.51. The Balaban J connectivity index is 2.29. The second-order valence-corrected chi connectivity index (χ2v) is 4.75. The number of aromatic nitrogens is 1. The van der Waals surface area contributed by atoms with Crippen molar-refractivity contribution in [2.45, 2.75) is 19.9 Å². The molecule has 2 rings (SSSR count). The van der Waals surface area contributed by atoms with Gasteiger partial charge in [0.15, 0.2) is 0 Å². The van der Waals surface area contributed by atoms with Gasteiger partial charge in [-0.2, -0.15) is 0 Å². The van der Waals surface area contributed by atoms with Crippen molar-refractivity contribution in [3.63, 3.8) is 0 Å². The highest BCUT2D eigenvalue weighted by molar-refractivity contribution is 9.10. The number of halogens is 1. The summed E-state index contributed by atoms with van der Waals surface area (Å²) in [5.41, 5.74) is 1.95. The number of methoxy groups -OCH3 is 1. The molecular weight excluding hydrogens is 296 g/mol. The number of aromatic amines is 1. The smallest absolute Gasteiger partial charge is 0.220 e. The lowest BCUT2D eigenvalue weighted by Crippen LogP contribution is -2.21. The molecule has 1 amide bonds. The Labute approximate surface area is 114 Å². The monoisotopic (exact) mass is 310 g/mol. The lowest BCUT2D eigenvalue weighted by molar-refractivity contribution is -0.120. The fraction of sp³-hybridized carbons (Fsp3) is 0.308. The minimum Gasteiger partial charge on any atom is -0.497 e. The highest BCUT2D eigenvalue weighted by Crippen LogP contribution is 2.30. The average Bonchev–Trinajstić information content (AvgIpc) is 2.72. The Bertz CT molecular complexity index is 578. The maximum atomic E-state index is 11.3. The van der Waals surface area contributed by atoms with Gasteiger partial charge in [-0.3, -0.25) is 4.79 Å². The third-order valence-corrected chi connectivity index (χ3v) is 3.70. The Kier molecular flexibility index (Phi) is 3.91. The van der Waals surface area contributed by atoms with Gasteiger partial charge in [-0.25, -0.2) is 0 Å². The summed E-state index contributed by atoms with van der Waals surface area (Å²) in [7, 11) is 1.64. The number of amides is 1. The molecule has 5 heteroatoms. The molecule has 0 unspecified atom stereocenters. The number of ether oxygens (including phenoxy) is 1. The molecule has 96 valence electrons. The van der Waals surface area contributed by atoms with Gasteiger partial charge >= 0.3 is 0 Å². The molecule has 2 N–H and O–H groups in total. The Morgan fingerprint density at radius 2 is 2.28 bits per heavy atom. The molecule has 0 radical (unpaired) electrons. The molecule has 0 fully saturated rings. The van der Waals surface area contributed by atoms with Crippen LogP contribution < -0.4 is 10.1 Å². The first kappa shape index (κ1) is 13.0. The second kappa shape index (κ2) is 5.44. The summed E-state index contributed by atoms with van der Waals surface area (Å²) >= 11 is 3.55. The van der Waals surface area contributed by atoms with Crippen LogP contribution in [0.3, 0.4) is 0 Å². The van der Waals surface area contributed by atoms with E-state index in [2.05, 4.69) is 26.2 Å². The summed E-state index contributed by atoms with van der Waals surface area (Å²) in [5, 5.41) is 3.93. The van der Waals surface area contributed by atoms with Crippen LogP contribution in [0.5, 0.6) is 5.75 Å². The van der Waals surface area contributed by atoms with E-state index in [4.69, 9.17) is 4.74 Å². The minimum absolute atomic E-state index is 0.0399. The van der Waals surface area contributed by atoms with Crippen LogP contribution in [0.4, 0.5) is 0 Å². The standard InChI is InChI=1S/C13H15BrN2O2/c1-3-12(17)15-7-11-13(14)9-5-4-8(18-2)6-10(9)16-11/h4-6,16H,3,7H2,1-2H3,(H,15,17). The molecule has 2 aromatic rings. The van der Waals surface area contributed by atoms with E-state index in [1.807, 2.05) is 25.1 Å². The zero-order chi connectivity index (χ0) is 13.1. The summed E-state index contributed by atoms with van der Waals surface area (Å²) in [4.78, 5) is 14.5. The molecule has 0 bridgehead atoms. The van der Waals surface area contributed by atoms with Crippen LogP contribution in [0.25, 0.3) is 10.9 Å². The highest BCUT2D eigenvalue weighted by Gasteiger charge is 2.10. The average molecular weight is 311 g/mol. The van der Waals surface area contributed by atoms with Crippen molar-refractivity contribution in [1.29, 1.82) is 0 Å². The number of nitrogens with one attached hydrogen (secondary N) is 2. The first-order chi connectivity index (χ1) is 8.65. The predicted molar refractivity (Wildman–Crippen MR) is 74.7 cm³/mol. The van der Waals surface area contributed by atoms with Crippen LogP contribution in [0.15, 0.2) is 22.7 Å². The van der Waals surface area contributed by atoms with Crippen molar-refractivity contribution in [3.8, 4) is 5.75 Å². The van der Waals surface area contributed by atoms with Crippen molar-refractivity contribution in [2.75, 3.05) is 7.11 Å². The number of hydrogen-bond donors (Lipinski definition) is 2. The predicted octanol–water partition coefficient (Wildman–Crippen LogP) is 2.97. The zero-order valence-corrected chi connectivity index (χ0v) is 11.9. The topological polar surface area (TPSA) is 54.1 Å². The van der Waals surface area contributed by atoms with Gasteiger partial charge < -0.3 is 15.0 Å². The number of carbonyl (C=O) groups is 1. The molecule has 0 saturated carbocycles. The molecule has 18 heavy (non-hydrogen) atoms. The van der Waals surface area contributed by atoms with Gasteiger partial charge in [0.1, 0.15) is 5.75 Å². The van der Waals surface area contributed by atoms with Crippen molar-refractivity contribution in [1.82, 2.24) is 10.3 Å². The van der Waals surface area contributed by atoms with E-state index in [0.29, 0.717) is 13.0 Å². The van der Waals surface area contributed by atoms with Gasteiger partial charge in [0.05, 0.1) is 19.2 Å². The molecule has 1 aromatic heterocycles. The van der Waals surface area contributed by atoms with E-state index in [-0.39, 0.29) is 5.91 Å². The summed E-state index contributed by atoms with van der Waals surface area (Å²) in [6, 6.07) is 5.83. The molecule has 4 nitrogen and oxygen atoms in total. The largest absolute Gasteiger partial charge is 0.497 e. The number of carbonyl (C=O) groups excluding carboxylic acids is 1. The number of rotatable bonds is 4. The van der Waals surface area contributed by atoms with E-state index in [0.717, 1.165) is 26.8 Å². The molecule has 0 aliphatic heterocycles. The molecular formula is C13H15BrN2O2. The Morgan fingerprint density at radius 3 is 2.94 bits per heavy atom. The molecule has 0 spiro atoms. The first-order valence-electron chi connectivity index (χ1n) is 5.76. The van der Waals surface area contributed by atoms with Crippen LogP contribution in [-0.2, 0) is 11.3 Å². The van der Waals surface area contributed by atoms with Crippen molar-refractivity contribution >= 4 is 32.7 Å². The Hall–Kier alpha value is -1.49. The SMILES string of the molecule is CCC(=O)NCc1[nH]c2cc(OC)ccc2c1Br. The fourth-order valence-corrected chi connectivity index (χ4v) is 2.34. The minimum atomic E-state index is 0.0399. The van der Waals surface area contributed by atoms with E-state index < -0.39 is 0 Å². The van der Waals surface area contributed by atoms with Gasteiger partial charge in [-0.05, 0) is 28.1 Å². The normalized spacial score (nSPS) is 10.6. The molecule has 0 saturated heterocycles. The first-order valence-corrected chi connectivity index (χ1v) is 6.55. The number of H-pyrrole nitrogens is 1. The van der Waals surface area contributed by atoms with Crippen LogP contribution in [0, 0.1) is 0 Å². The number of fused-ring (bicyclic) bond motifs is 1. The summed E-state index contributed by atoms with van der Waals surface area (Å²) in [6.45, 7) is 2.32. The Morgan fingerprint density at radius 1 is 1.50 bits per heavy atom. The van der Waals surface area contributed by atoms with Crippen molar-refractivity contribution in [2.24, 2.45) is 0 Å². The highest BCUT2D eigenvalue weighted by atomic mass is 79.9. The fourth-order valence-electron chi connectivity index (χ4n) is 1.76.